The highest BCUT2D eigenvalue weighted by molar-refractivity contribution is 5.64. The van der Waals surface area contributed by atoms with E-state index in [2.05, 4.69) is 37.4 Å². The first-order valence-electron chi connectivity index (χ1n) is 7.12. The summed E-state index contributed by atoms with van der Waals surface area (Å²) >= 11 is 0. The Labute approximate surface area is 116 Å². The third-order valence-electron chi connectivity index (χ3n) is 3.40. The van der Waals surface area contributed by atoms with E-state index in [0.29, 0.717) is 6.54 Å². The van der Waals surface area contributed by atoms with Crippen LogP contribution in [-0.4, -0.2) is 17.7 Å². The number of benzene rings is 1. The second-order valence-corrected chi connectivity index (χ2v) is 5.18. The van der Waals surface area contributed by atoms with E-state index in [1.165, 1.54) is 36.0 Å². The molecule has 3 heteroatoms. The van der Waals surface area contributed by atoms with E-state index in [9.17, 15) is 4.79 Å². The van der Waals surface area contributed by atoms with Crippen molar-refractivity contribution >= 4 is 6.09 Å². The molecule has 0 fully saturated rings. The maximum absolute atomic E-state index is 10.2. The van der Waals surface area contributed by atoms with Crippen molar-refractivity contribution in [3.05, 3.63) is 34.9 Å². The summed E-state index contributed by atoms with van der Waals surface area (Å²) < 4.78 is 0. The summed E-state index contributed by atoms with van der Waals surface area (Å²) in [5.74, 6) is 0. The van der Waals surface area contributed by atoms with Crippen molar-refractivity contribution in [3.63, 3.8) is 0 Å². The fourth-order valence-corrected chi connectivity index (χ4v) is 2.29. The van der Waals surface area contributed by atoms with Gasteiger partial charge in [-0.15, -0.1) is 0 Å². The van der Waals surface area contributed by atoms with Gasteiger partial charge >= 0.3 is 6.09 Å². The number of rotatable bonds is 8. The molecule has 0 radical (unpaired) electrons. The summed E-state index contributed by atoms with van der Waals surface area (Å²) in [4.78, 5) is 10.2. The fourth-order valence-electron chi connectivity index (χ4n) is 2.29. The Kier molecular flexibility index (Phi) is 7.01. The molecule has 1 rings (SSSR count). The van der Waals surface area contributed by atoms with Crippen LogP contribution in [0.25, 0.3) is 0 Å². The Hall–Kier alpha value is -1.51. The topological polar surface area (TPSA) is 49.3 Å². The van der Waals surface area contributed by atoms with Gasteiger partial charge in [0, 0.05) is 6.54 Å². The molecule has 19 heavy (non-hydrogen) atoms. The molecule has 3 nitrogen and oxygen atoms in total. The van der Waals surface area contributed by atoms with E-state index in [0.717, 1.165) is 19.3 Å². The van der Waals surface area contributed by atoms with Crippen molar-refractivity contribution in [2.24, 2.45) is 0 Å². The van der Waals surface area contributed by atoms with Crippen LogP contribution in [-0.2, 0) is 6.42 Å². The van der Waals surface area contributed by atoms with Crippen LogP contribution in [0.15, 0.2) is 18.2 Å². The molecule has 1 aromatic rings. The number of nitrogens with one attached hydrogen (secondary N) is 1. The van der Waals surface area contributed by atoms with Gasteiger partial charge in [-0.3, -0.25) is 0 Å². The number of amides is 1. The van der Waals surface area contributed by atoms with Crippen molar-refractivity contribution in [2.45, 2.75) is 52.4 Å². The molecule has 0 bridgehead atoms. The Balaban J connectivity index is 2.06. The summed E-state index contributed by atoms with van der Waals surface area (Å²) in [6.45, 7) is 4.88. The van der Waals surface area contributed by atoms with Crippen LogP contribution in [0.5, 0.6) is 0 Å². The molecular formula is C16H25NO2. The number of hydrogen-bond acceptors (Lipinski definition) is 1. The van der Waals surface area contributed by atoms with Crippen LogP contribution < -0.4 is 5.32 Å². The summed E-state index contributed by atoms with van der Waals surface area (Å²) in [7, 11) is 0. The number of hydrogen-bond donors (Lipinski definition) is 2. The average molecular weight is 263 g/mol. The van der Waals surface area contributed by atoms with Crippen molar-refractivity contribution in [3.8, 4) is 0 Å². The van der Waals surface area contributed by atoms with Crippen molar-refractivity contribution in [1.82, 2.24) is 5.32 Å². The van der Waals surface area contributed by atoms with E-state index in [1.54, 1.807) is 0 Å². The lowest BCUT2D eigenvalue weighted by Gasteiger charge is -2.07. The number of unbranched alkanes of at least 4 members (excludes halogenated alkanes) is 4. The number of aryl methyl sites for hydroxylation is 3. The maximum atomic E-state index is 10.2. The smallest absolute Gasteiger partial charge is 0.404 e. The summed E-state index contributed by atoms with van der Waals surface area (Å²) in [5, 5.41) is 10.8. The van der Waals surface area contributed by atoms with Crippen LogP contribution in [0.2, 0.25) is 0 Å². The molecule has 0 aliphatic carbocycles. The Morgan fingerprint density at radius 1 is 1.11 bits per heavy atom. The number of carbonyl (C=O) groups is 1. The predicted molar refractivity (Wildman–Crippen MR) is 78.7 cm³/mol. The maximum Gasteiger partial charge on any atom is 0.404 e. The third-order valence-corrected chi connectivity index (χ3v) is 3.40. The van der Waals surface area contributed by atoms with Gasteiger partial charge < -0.3 is 10.4 Å². The second kappa shape index (κ2) is 8.57. The van der Waals surface area contributed by atoms with E-state index in [-0.39, 0.29) is 0 Å². The SMILES string of the molecule is Cc1ccc(CCCCCCCNC(=O)O)c(C)c1. The first-order valence-corrected chi connectivity index (χ1v) is 7.12. The second-order valence-electron chi connectivity index (χ2n) is 5.18. The molecule has 0 unspecified atom stereocenters. The Morgan fingerprint density at radius 2 is 1.79 bits per heavy atom. The minimum absolute atomic E-state index is 0.576. The quantitative estimate of drug-likeness (QED) is 0.695. The van der Waals surface area contributed by atoms with Crippen LogP contribution in [0.3, 0.4) is 0 Å². The minimum atomic E-state index is -0.921. The molecular weight excluding hydrogens is 238 g/mol. The highest BCUT2D eigenvalue weighted by Gasteiger charge is 1.99. The Bertz CT molecular complexity index is 402. The van der Waals surface area contributed by atoms with Crippen molar-refractivity contribution in [1.29, 1.82) is 0 Å². The van der Waals surface area contributed by atoms with E-state index in [4.69, 9.17) is 5.11 Å². The van der Waals surface area contributed by atoms with Crippen LogP contribution in [0.1, 0.15) is 48.8 Å². The zero-order valence-corrected chi connectivity index (χ0v) is 12.0. The zero-order valence-electron chi connectivity index (χ0n) is 12.0. The molecule has 0 saturated heterocycles. The van der Waals surface area contributed by atoms with Gasteiger partial charge in [0.2, 0.25) is 0 Å². The van der Waals surface area contributed by atoms with Gasteiger partial charge in [0.15, 0.2) is 0 Å². The van der Waals surface area contributed by atoms with Gasteiger partial charge in [0.25, 0.3) is 0 Å². The fraction of sp³-hybridized carbons (Fsp3) is 0.562. The van der Waals surface area contributed by atoms with Gasteiger partial charge in [-0.05, 0) is 44.2 Å². The van der Waals surface area contributed by atoms with Crippen LogP contribution in [0, 0.1) is 13.8 Å². The first kappa shape index (κ1) is 15.5. The summed E-state index contributed by atoms with van der Waals surface area (Å²) in [5.41, 5.74) is 4.18. The van der Waals surface area contributed by atoms with Crippen LogP contribution in [0.4, 0.5) is 4.79 Å². The van der Waals surface area contributed by atoms with Gasteiger partial charge in [-0.25, -0.2) is 4.79 Å². The highest BCUT2D eigenvalue weighted by atomic mass is 16.4. The first-order chi connectivity index (χ1) is 9.09. The largest absolute Gasteiger partial charge is 0.465 e. The van der Waals surface area contributed by atoms with Crippen molar-refractivity contribution in [2.75, 3.05) is 6.54 Å². The monoisotopic (exact) mass is 263 g/mol. The highest BCUT2D eigenvalue weighted by Crippen LogP contribution is 2.14. The molecule has 0 aliphatic heterocycles. The Morgan fingerprint density at radius 3 is 2.47 bits per heavy atom. The number of carboxylic acid groups (broad SMARTS) is 1. The molecule has 0 heterocycles. The molecule has 0 aromatic heterocycles. The predicted octanol–water partition coefficient (Wildman–Crippen LogP) is 4.06. The standard InChI is InChI=1S/C16H25NO2/c1-13-9-10-15(14(2)12-13)8-6-4-3-5-7-11-17-16(18)19/h9-10,12,17H,3-8,11H2,1-2H3,(H,18,19). The summed E-state index contributed by atoms with van der Waals surface area (Å²) in [6.07, 6.45) is 5.90. The van der Waals surface area contributed by atoms with Gasteiger partial charge in [-0.1, -0.05) is 43.0 Å². The molecule has 0 spiro atoms. The molecule has 0 aliphatic rings. The zero-order chi connectivity index (χ0) is 14.1. The van der Waals surface area contributed by atoms with Crippen molar-refractivity contribution < 1.29 is 9.90 Å². The van der Waals surface area contributed by atoms with Crippen LogP contribution >= 0.6 is 0 Å². The lowest BCUT2D eigenvalue weighted by Crippen LogP contribution is -2.21. The third kappa shape index (κ3) is 6.85. The van der Waals surface area contributed by atoms with E-state index in [1.807, 2.05) is 0 Å². The molecule has 1 aromatic carbocycles. The molecule has 1 amide bonds. The average Bonchev–Trinajstić information content (AvgIpc) is 2.34. The summed E-state index contributed by atoms with van der Waals surface area (Å²) in [6, 6.07) is 6.66. The van der Waals surface area contributed by atoms with E-state index >= 15 is 0 Å². The van der Waals surface area contributed by atoms with Gasteiger partial charge in [0.1, 0.15) is 0 Å². The lowest BCUT2D eigenvalue weighted by atomic mass is 10.00. The van der Waals surface area contributed by atoms with Gasteiger partial charge in [0.05, 0.1) is 0 Å². The minimum Gasteiger partial charge on any atom is -0.465 e. The van der Waals surface area contributed by atoms with Gasteiger partial charge in [-0.2, -0.15) is 0 Å². The lowest BCUT2D eigenvalue weighted by molar-refractivity contribution is 0.194. The molecule has 0 atom stereocenters. The molecule has 0 saturated carbocycles. The molecule has 2 N–H and O–H groups in total. The normalized spacial score (nSPS) is 10.4. The van der Waals surface area contributed by atoms with E-state index < -0.39 is 6.09 Å². The molecule has 106 valence electrons.